The topological polar surface area (TPSA) is 3.24 Å². The third-order valence-electron chi connectivity index (χ3n) is 2.45. The van der Waals surface area contributed by atoms with E-state index >= 15 is 0 Å². The van der Waals surface area contributed by atoms with Gasteiger partial charge in [0.1, 0.15) is 6.04 Å². The highest BCUT2D eigenvalue weighted by Gasteiger charge is 2.13. The Morgan fingerprint density at radius 1 is 1.06 bits per heavy atom. The summed E-state index contributed by atoms with van der Waals surface area (Å²) in [4.78, 5) is 2.04. The fourth-order valence-corrected chi connectivity index (χ4v) is 1.58. The van der Waals surface area contributed by atoms with Crippen molar-refractivity contribution >= 4 is 0 Å². The van der Waals surface area contributed by atoms with Gasteiger partial charge in [0, 0.05) is 19.5 Å². The SMILES string of the molecule is C#CCCN(Cc1ccccc1)C(C#C)C#C. The molecule has 0 saturated heterocycles. The van der Waals surface area contributed by atoms with Gasteiger partial charge < -0.3 is 0 Å². The molecule has 0 atom stereocenters. The monoisotopic (exact) mass is 221 g/mol. The molecule has 84 valence electrons. The van der Waals surface area contributed by atoms with Gasteiger partial charge in [0.15, 0.2) is 0 Å². The number of hydrogen-bond donors (Lipinski definition) is 0. The first-order valence-corrected chi connectivity index (χ1v) is 5.45. The quantitative estimate of drug-likeness (QED) is 0.689. The third-order valence-corrected chi connectivity index (χ3v) is 2.45. The van der Waals surface area contributed by atoms with Gasteiger partial charge in [0.25, 0.3) is 0 Å². The standard InChI is InChI=1S/C16H15N/c1-4-7-13-17(16(5-2)6-3)14-15-11-9-8-10-12-15/h1-3,8-12,16H,7,13-14H2. The van der Waals surface area contributed by atoms with Crippen molar-refractivity contribution in [2.24, 2.45) is 0 Å². The Labute approximate surface area is 104 Å². The lowest BCUT2D eigenvalue weighted by atomic mass is 10.1. The summed E-state index contributed by atoms with van der Waals surface area (Å²) in [5, 5.41) is 0. The summed E-state index contributed by atoms with van der Waals surface area (Å²) >= 11 is 0. The lowest BCUT2D eigenvalue weighted by Crippen LogP contribution is -2.33. The Morgan fingerprint density at radius 2 is 1.71 bits per heavy atom. The van der Waals surface area contributed by atoms with E-state index in [4.69, 9.17) is 19.3 Å². The Kier molecular flexibility index (Phi) is 5.46. The highest BCUT2D eigenvalue weighted by Crippen LogP contribution is 2.08. The largest absolute Gasteiger partial charge is 0.275 e. The molecule has 0 amide bonds. The number of hydrogen-bond acceptors (Lipinski definition) is 1. The second-order valence-electron chi connectivity index (χ2n) is 3.65. The van der Waals surface area contributed by atoms with Crippen LogP contribution in [0.15, 0.2) is 30.3 Å². The smallest absolute Gasteiger partial charge is 0.133 e. The summed E-state index contributed by atoms with van der Waals surface area (Å²) < 4.78 is 0. The molecule has 0 aliphatic heterocycles. The number of benzene rings is 1. The van der Waals surface area contributed by atoms with Crippen LogP contribution in [0, 0.1) is 37.0 Å². The maximum absolute atomic E-state index is 5.42. The molecule has 0 bridgehead atoms. The minimum atomic E-state index is -0.302. The van der Waals surface area contributed by atoms with Crippen LogP contribution in [0.25, 0.3) is 0 Å². The molecule has 0 saturated carbocycles. The van der Waals surface area contributed by atoms with E-state index in [1.165, 1.54) is 5.56 Å². The zero-order valence-corrected chi connectivity index (χ0v) is 9.76. The van der Waals surface area contributed by atoms with Crippen molar-refractivity contribution in [3.63, 3.8) is 0 Å². The molecule has 0 fully saturated rings. The van der Waals surface area contributed by atoms with Gasteiger partial charge in [-0.05, 0) is 5.56 Å². The van der Waals surface area contributed by atoms with Crippen molar-refractivity contribution in [2.45, 2.75) is 19.0 Å². The van der Waals surface area contributed by atoms with Crippen LogP contribution < -0.4 is 0 Å². The normalized spacial score (nSPS) is 9.59. The molecule has 0 heterocycles. The summed E-state index contributed by atoms with van der Waals surface area (Å²) in [7, 11) is 0. The molecule has 17 heavy (non-hydrogen) atoms. The first-order valence-electron chi connectivity index (χ1n) is 5.45. The van der Waals surface area contributed by atoms with Gasteiger partial charge in [0.2, 0.25) is 0 Å². The van der Waals surface area contributed by atoms with Gasteiger partial charge >= 0.3 is 0 Å². The van der Waals surface area contributed by atoms with E-state index < -0.39 is 0 Å². The van der Waals surface area contributed by atoms with Gasteiger partial charge in [-0.25, -0.2) is 0 Å². The molecule has 1 aromatic carbocycles. The van der Waals surface area contributed by atoms with Crippen molar-refractivity contribution in [3.05, 3.63) is 35.9 Å². The summed E-state index contributed by atoms with van der Waals surface area (Å²) in [5.74, 6) is 7.81. The average molecular weight is 221 g/mol. The van der Waals surface area contributed by atoms with Crippen LogP contribution in [0.1, 0.15) is 12.0 Å². The molecule has 1 rings (SSSR count). The predicted molar refractivity (Wildman–Crippen MR) is 71.8 cm³/mol. The molecule has 0 N–H and O–H groups in total. The first-order chi connectivity index (χ1) is 8.31. The number of nitrogens with zero attached hydrogens (tertiary/aromatic N) is 1. The predicted octanol–water partition coefficient (Wildman–Crippen LogP) is 2.15. The van der Waals surface area contributed by atoms with Gasteiger partial charge in [-0.2, -0.15) is 0 Å². The van der Waals surface area contributed by atoms with E-state index in [0.29, 0.717) is 13.0 Å². The zero-order valence-electron chi connectivity index (χ0n) is 9.76. The second kappa shape index (κ2) is 7.19. The fraction of sp³-hybridized carbons (Fsp3) is 0.250. The fourth-order valence-electron chi connectivity index (χ4n) is 1.58. The molecule has 1 nitrogen and oxygen atoms in total. The van der Waals surface area contributed by atoms with E-state index in [0.717, 1.165) is 6.54 Å². The first kappa shape index (κ1) is 12.9. The average Bonchev–Trinajstić information content (AvgIpc) is 2.38. The minimum Gasteiger partial charge on any atom is -0.275 e. The third kappa shape index (κ3) is 4.08. The molecule has 0 aliphatic carbocycles. The number of terminal acetylenes is 3. The summed E-state index contributed by atoms with van der Waals surface area (Å²) in [6.07, 6.45) is 16.8. The molecule has 0 aromatic heterocycles. The number of rotatable bonds is 5. The molecule has 1 aromatic rings. The second-order valence-corrected chi connectivity index (χ2v) is 3.65. The van der Waals surface area contributed by atoms with Crippen LogP contribution in [0.5, 0.6) is 0 Å². The van der Waals surface area contributed by atoms with E-state index in [9.17, 15) is 0 Å². The van der Waals surface area contributed by atoms with E-state index in [1.54, 1.807) is 0 Å². The molecule has 0 aliphatic rings. The van der Waals surface area contributed by atoms with Crippen LogP contribution in [0.2, 0.25) is 0 Å². The van der Waals surface area contributed by atoms with Crippen LogP contribution in [0.4, 0.5) is 0 Å². The van der Waals surface area contributed by atoms with Crippen LogP contribution in [-0.4, -0.2) is 17.5 Å². The van der Waals surface area contributed by atoms with Crippen molar-refractivity contribution in [3.8, 4) is 37.0 Å². The minimum absolute atomic E-state index is 0.302. The highest BCUT2D eigenvalue weighted by atomic mass is 15.1. The maximum atomic E-state index is 5.42. The van der Waals surface area contributed by atoms with E-state index in [-0.39, 0.29) is 6.04 Å². The summed E-state index contributed by atoms with van der Waals surface area (Å²) in [5.41, 5.74) is 1.18. The Balaban J connectivity index is 2.75. The molecule has 1 heteroatoms. The molecule has 0 spiro atoms. The lowest BCUT2D eigenvalue weighted by molar-refractivity contribution is 0.268. The van der Waals surface area contributed by atoms with E-state index in [1.807, 2.05) is 35.2 Å². The van der Waals surface area contributed by atoms with Crippen molar-refractivity contribution in [2.75, 3.05) is 6.54 Å². The summed E-state index contributed by atoms with van der Waals surface area (Å²) in [6, 6.07) is 9.77. The molecular weight excluding hydrogens is 206 g/mol. The van der Waals surface area contributed by atoms with Crippen LogP contribution in [0.3, 0.4) is 0 Å². The molecule has 0 radical (unpaired) electrons. The van der Waals surface area contributed by atoms with Crippen LogP contribution in [-0.2, 0) is 6.54 Å². The molecular formula is C16H15N. The lowest BCUT2D eigenvalue weighted by Gasteiger charge is -2.24. The zero-order chi connectivity index (χ0) is 12.5. The maximum Gasteiger partial charge on any atom is 0.133 e. The summed E-state index contributed by atoms with van der Waals surface area (Å²) in [6.45, 7) is 1.44. The Bertz CT molecular complexity index is 439. The molecule has 0 unspecified atom stereocenters. The van der Waals surface area contributed by atoms with Gasteiger partial charge in [0.05, 0.1) is 0 Å². The Hall–Kier alpha value is -2.14. The van der Waals surface area contributed by atoms with E-state index in [2.05, 4.69) is 17.8 Å². The van der Waals surface area contributed by atoms with Crippen molar-refractivity contribution in [1.29, 1.82) is 0 Å². The van der Waals surface area contributed by atoms with Gasteiger partial charge in [-0.3, -0.25) is 4.90 Å². The van der Waals surface area contributed by atoms with Gasteiger partial charge in [-0.1, -0.05) is 42.2 Å². The Morgan fingerprint density at radius 3 is 2.24 bits per heavy atom. The van der Waals surface area contributed by atoms with Crippen molar-refractivity contribution in [1.82, 2.24) is 4.90 Å². The van der Waals surface area contributed by atoms with Gasteiger partial charge in [-0.15, -0.1) is 25.2 Å². The van der Waals surface area contributed by atoms with Crippen LogP contribution >= 0.6 is 0 Å². The van der Waals surface area contributed by atoms with Crippen molar-refractivity contribution < 1.29 is 0 Å². The highest BCUT2D eigenvalue weighted by molar-refractivity contribution is 5.20.